The van der Waals surface area contributed by atoms with Gasteiger partial charge in [-0.15, -0.1) is 0 Å². The quantitative estimate of drug-likeness (QED) is 0.480. The van der Waals surface area contributed by atoms with E-state index in [-0.39, 0.29) is 0 Å². The SMILES string of the molecule is [B]c1cnn2c(NCc3cccnc3)cc(NCc3ccc(C(F)(F)F)cc3)nc12. The maximum Gasteiger partial charge on any atom is 0.416 e. The van der Waals surface area contributed by atoms with Gasteiger partial charge < -0.3 is 10.6 Å². The maximum absolute atomic E-state index is 12.7. The molecule has 3 aromatic heterocycles. The zero-order valence-electron chi connectivity index (χ0n) is 15.7. The van der Waals surface area contributed by atoms with Crippen LogP contribution in [0.25, 0.3) is 5.65 Å². The summed E-state index contributed by atoms with van der Waals surface area (Å²) >= 11 is 0. The normalized spacial score (nSPS) is 11.6. The average molecular weight is 408 g/mol. The van der Waals surface area contributed by atoms with E-state index in [1.165, 1.54) is 18.3 Å². The zero-order chi connectivity index (χ0) is 21.1. The van der Waals surface area contributed by atoms with Crippen molar-refractivity contribution in [1.29, 1.82) is 0 Å². The van der Waals surface area contributed by atoms with E-state index in [0.29, 0.717) is 41.4 Å². The summed E-state index contributed by atoms with van der Waals surface area (Å²) in [6.07, 6.45) is 0.613. The summed E-state index contributed by atoms with van der Waals surface area (Å²) in [4.78, 5) is 8.54. The van der Waals surface area contributed by atoms with Crippen molar-refractivity contribution < 1.29 is 13.2 Å². The van der Waals surface area contributed by atoms with E-state index in [1.807, 2.05) is 12.1 Å². The van der Waals surface area contributed by atoms with Crippen LogP contribution in [0.5, 0.6) is 0 Å². The molecule has 150 valence electrons. The lowest BCUT2D eigenvalue weighted by atomic mass is 10.0. The second-order valence-corrected chi connectivity index (χ2v) is 6.63. The van der Waals surface area contributed by atoms with Gasteiger partial charge in [0.1, 0.15) is 19.5 Å². The van der Waals surface area contributed by atoms with Gasteiger partial charge in [0.05, 0.1) is 5.56 Å². The van der Waals surface area contributed by atoms with Gasteiger partial charge in [-0.25, -0.2) is 4.98 Å². The van der Waals surface area contributed by atoms with Crippen molar-refractivity contribution in [3.63, 3.8) is 0 Å². The number of nitrogens with one attached hydrogen (secondary N) is 2. The van der Waals surface area contributed by atoms with Crippen molar-refractivity contribution in [2.24, 2.45) is 0 Å². The van der Waals surface area contributed by atoms with E-state index in [0.717, 1.165) is 17.7 Å². The number of nitrogens with zero attached hydrogens (tertiary/aromatic N) is 4. The van der Waals surface area contributed by atoms with Crippen LogP contribution in [0.4, 0.5) is 24.8 Å². The molecule has 4 rings (SSSR count). The molecule has 30 heavy (non-hydrogen) atoms. The van der Waals surface area contributed by atoms with Crippen LogP contribution < -0.4 is 16.1 Å². The highest BCUT2D eigenvalue weighted by Gasteiger charge is 2.29. The monoisotopic (exact) mass is 408 g/mol. The first-order valence-corrected chi connectivity index (χ1v) is 9.07. The van der Waals surface area contributed by atoms with Gasteiger partial charge in [-0.05, 0) is 34.8 Å². The Balaban J connectivity index is 1.53. The Bertz CT molecular complexity index is 1140. The molecule has 2 radical (unpaired) electrons. The number of hydrogen-bond donors (Lipinski definition) is 2. The molecule has 2 N–H and O–H groups in total. The third-order valence-corrected chi connectivity index (χ3v) is 4.45. The minimum Gasteiger partial charge on any atom is -0.366 e. The van der Waals surface area contributed by atoms with E-state index in [9.17, 15) is 13.2 Å². The summed E-state index contributed by atoms with van der Waals surface area (Å²) < 4.78 is 39.7. The Morgan fingerprint density at radius 2 is 1.73 bits per heavy atom. The molecule has 0 bridgehead atoms. The van der Waals surface area contributed by atoms with Crippen molar-refractivity contribution in [3.05, 3.63) is 77.7 Å². The van der Waals surface area contributed by atoms with Crippen LogP contribution in [0.1, 0.15) is 16.7 Å². The molecule has 0 spiro atoms. The molecule has 10 heteroatoms. The Morgan fingerprint density at radius 1 is 0.967 bits per heavy atom. The third-order valence-electron chi connectivity index (χ3n) is 4.45. The van der Waals surface area contributed by atoms with Crippen LogP contribution in [0.2, 0.25) is 0 Å². The number of halogens is 3. The average Bonchev–Trinajstić information content (AvgIpc) is 3.12. The lowest BCUT2D eigenvalue weighted by Crippen LogP contribution is -2.11. The maximum atomic E-state index is 12.7. The lowest BCUT2D eigenvalue weighted by molar-refractivity contribution is -0.137. The lowest BCUT2D eigenvalue weighted by Gasteiger charge is -2.13. The molecule has 1 aromatic carbocycles. The third kappa shape index (κ3) is 4.37. The highest BCUT2D eigenvalue weighted by Crippen LogP contribution is 2.29. The van der Waals surface area contributed by atoms with Gasteiger partial charge in [-0.2, -0.15) is 22.8 Å². The molecule has 0 saturated heterocycles. The summed E-state index contributed by atoms with van der Waals surface area (Å²) in [6, 6.07) is 10.5. The highest BCUT2D eigenvalue weighted by atomic mass is 19.4. The van der Waals surface area contributed by atoms with Gasteiger partial charge in [0, 0.05) is 37.7 Å². The van der Waals surface area contributed by atoms with Crippen LogP contribution in [-0.4, -0.2) is 27.4 Å². The standard InChI is InChI=1S/C20H16BF3N6/c21-16-12-28-30-18(27-11-14-2-1-7-25-9-14)8-17(29-19(16)30)26-10-13-3-5-15(6-4-13)20(22,23)24/h1-9,12,27H,10-11H2,(H,26,29). The first-order chi connectivity index (χ1) is 14.4. The fourth-order valence-electron chi connectivity index (χ4n) is 2.90. The van der Waals surface area contributed by atoms with Gasteiger partial charge in [0.15, 0.2) is 5.65 Å². The number of hydrogen-bond acceptors (Lipinski definition) is 5. The molecule has 0 saturated carbocycles. The molecule has 0 fully saturated rings. The van der Waals surface area contributed by atoms with Crippen LogP contribution in [-0.2, 0) is 19.3 Å². The van der Waals surface area contributed by atoms with Crippen LogP contribution >= 0.6 is 0 Å². The Morgan fingerprint density at radius 3 is 2.43 bits per heavy atom. The molecule has 3 heterocycles. The van der Waals surface area contributed by atoms with Gasteiger partial charge in [0.25, 0.3) is 0 Å². The smallest absolute Gasteiger partial charge is 0.366 e. The number of alkyl halides is 3. The number of pyridine rings is 1. The summed E-state index contributed by atoms with van der Waals surface area (Å²) in [5.74, 6) is 1.18. The highest BCUT2D eigenvalue weighted by molar-refractivity contribution is 6.36. The molecule has 4 aromatic rings. The fraction of sp³-hybridized carbons (Fsp3) is 0.150. The predicted octanol–water partition coefficient (Wildman–Crippen LogP) is 3.16. The Labute approximate surface area is 171 Å². The van der Waals surface area contributed by atoms with Crippen molar-refractivity contribution in [2.45, 2.75) is 19.3 Å². The van der Waals surface area contributed by atoms with E-state index in [1.54, 1.807) is 23.0 Å². The van der Waals surface area contributed by atoms with E-state index in [4.69, 9.17) is 7.85 Å². The summed E-state index contributed by atoms with van der Waals surface area (Å²) in [5.41, 5.74) is 1.89. The fourth-order valence-corrected chi connectivity index (χ4v) is 2.90. The van der Waals surface area contributed by atoms with Gasteiger partial charge in [-0.1, -0.05) is 18.2 Å². The summed E-state index contributed by atoms with van der Waals surface area (Å²) in [5, 5.41) is 10.6. The zero-order valence-corrected chi connectivity index (χ0v) is 15.7. The van der Waals surface area contributed by atoms with E-state index >= 15 is 0 Å². The second kappa shape index (κ2) is 8.06. The minimum atomic E-state index is -4.35. The topological polar surface area (TPSA) is 67.1 Å². The predicted molar refractivity (Wildman–Crippen MR) is 109 cm³/mol. The number of fused-ring (bicyclic) bond motifs is 1. The van der Waals surface area contributed by atoms with Crippen molar-refractivity contribution >= 4 is 30.6 Å². The van der Waals surface area contributed by atoms with E-state index in [2.05, 4.69) is 25.7 Å². The van der Waals surface area contributed by atoms with Crippen molar-refractivity contribution in [1.82, 2.24) is 19.6 Å². The van der Waals surface area contributed by atoms with Gasteiger partial charge in [-0.3, -0.25) is 4.98 Å². The molecule has 0 unspecified atom stereocenters. The number of rotatable bonds is 6. The molecule has 6 nitrogen and oxygen atoms in total. The minimum absolute atomic E-state index is 0.303. The van der Waals surface area contributed by atoms with Crippen molar-refractivity contribution in [3.8, 4) is 0 Å². The molecule has 0 atom stereocenters. The molecule has 0 aliphatic rings. The summed E-state index contributed by atoms with van der Waals surface area (Å²) in [7, 11) is 5.97. The van der Waals surface area contributed by atoms with Crippen LogP contribution in [0, 0.1) is 0 Å². The Hall–Kier alpha value is -3.56. The molecule has 0 aliphatic carbocycles. The number of anilines is 2. The van der Waals surface area contributed by atoms with Gasteiger partial charge in [0.2, 0.25) is 0 Å². The molecule has 0 aliphatic heterocycles. The number of aromatic nitrogens is 4. The summed E-state index contributed by atoms with van der Waals surface area (Å²) in [6.45, 7) is 0.822. The Kier molecular flexibility index (Phi) is 5.30. The van der Waals surface area contributed by atoms with Gasteiger partial charge >= 0.3 is 6.18 Å². The first-order valence-electron chi connectivity index (χ1n) is 9.07. The van der Waals surface area contributed by atoms with Crippen LogP contribution in [0.15, 0.2) is 61.1 Å². The molecular weight excluding hydrogens is 392 g/mol. The largest absolute Gasteiger partial charge is 0.416 e. The van der Waals surface area contributed by atoms with E-state index < -0.39 is 11.7 Å². The molecule has 0 amide bonds. The van der Waals surface area contributed by atoms with Crippen LogP contribution in [0.3, 0.4) is 0 Å². The number of benzene rings is 1. The van der Waals surface area contributed by atoms with Crippen molar-refractivity contribution in [2.75, 3.05) is 10.6 Å². The molecular formula is C20H16BF3N6. The first kappa shape index (κ1) is 19.7. The second-order valence-electron chi connectivity index (χ2n) is 6.63.